The summed E-state index contributed by atoms with van der Waals surface area (Å²) in [6.45, 7) is 8.08. The van der Waals surface area contributed by atoms with Crippen LogP contribution in [0.1, 0.15) is 13.8 Å². The molecule has 1 aromatic rings. The van der Waals surface area contributed by atoms with Crippen molar-refractivity contribution >= 4 is 18.0 Å². The van der Waals surface area contributed by atoms with Gasteiger partial charge in [-0.1, -0.05) is 43.0 Å². The molecule has 23 heavy (non-hydrogen) atoms. The number of benzene rings is 1. The Kier molecular flexibility index (Phi) is 8.59. The van der Waals surface area contributed by atoms with Gasteiger partial charge >= 0.3 is 0 Å². The molecule has 0 saturated heterocycles. The molecular weight excluding hydrogens is 288 g/mol. The Morgan fingerprint density at radius 1 is 1.35 bits per heavy atom. The molecule has 0 amide bonds. The van der Waals surface area contributed by atoms with E-state index in [9.17, 15) is 0 Å². The van der Waals surface area contributed by atoms with Crippen LogP contribution < -0.4 is 15.8 Å². The molecule has 0 fully saturated rings. The second-order valence-corrected chi connectivity index (χ2v) is 4.86. The lowest BCUT2D eigenvalue weighted by molar-refractivity contribution is 0.242. The van der Waals surface area contributed by atoms with Crippen molar-refractivity contribution in [2.75, 3.05) is 11.9 Å². The number of allylic oxidation sites excluding steroid dienone is 4. The molecule has 5 heteroatoms. The van der Waals surface area contributed by atoms with Crippen LogP contribution in [0.4, 0.5) is 5.69 Å². The second kappa shape index (κ2) is 10.8. The van der Waals surface area contributed by atoms with Gasteiger partial charge in [-0.25, -0.2) is 4.99 Å². The molecule has 0 aliphatic rings. The van der Waals surface area contributed by atoms with Gasteiger partial charge in [0.15, 0.2) is 5.96 Å². The first-order chi connectivity index (χ1) is 11.1. The fourth-order valence-electron chi connectivity index (χ4n) is 1.59. The van der Waals surface area contributed by atoms with Crippen LogP contribution in [-0.2, 0) is 0 Å². The van der Waals surface area contributed by atoms with E-state index in [1.807, 2.05) is 62.4 Å². The molecule has 5 nitrogen and oxygen atoms in total. The van der Waals surface area contributed by atoms with Crippen molar-refractivity contribution < 1.29 is 4.74 Å². The van der Waals surface area contributed by atoms with E-state index in [1.54, 1.807) is 6.08 Å². The molecule has 122 valence electrons. The summed E-state index contributed by atoms with van der Waals surface area (Å²) >= 11 is 0. The Hall–Kier alpha value is -2.82. The number of guanidine groups is 1. The zero-order valence-corrected chi connectivity index (χ0v) is 13.6. The van der Waals surface area contributed by atoms with Crippen LogP contribution in [0.3, 0.4) is 0 Å². The summed E-state index contributed by atoms with van der Waals surface area (Å²) in [5.41, 5.74) is 6.62. The van der Waals surface area contributed by atoms with E-state index in [0.29, 0.717) is 6.54 Å². The van der Waals surface area contributed by atoms with Gasteiger partial charge in [-0.2, -0.15) is 0 Å². The van der Waals surface area contributed by atoms with E-state index in [-0.39, 0.29) is 12.1 Å². The van der Waals surface area contributed by atoms with Crippen LogP contribution in [0.2, 0.25) is 0 Å². The highest BCUT2D eigenvalue weighted by Crippen LogP contribution is 2.18. The Bertz CT molecular complexity index is 601. The van der Waals surface area contributed by atoms with Crippen LogP contribution in [0.5, 0.6) is 5.75 Å². The molecule has 0 atom stereocenters. The average molecular weight is 312 g/mol. The van der Waals surface area contributed by atoms with Crippen LogP contribution in [0, 0.1) is 0 Å². The summed E-state index contributed by atoms with van der Waals surface area (Å²) in [7, 11) is 0. The van der Waals surface area contributed by atoms with Gasteiger partial charge in [-0.3, -0.25) is 4.99 Å². The lowest BCUT2D eigenvalue weighted by Crippen LogP contribution is -2.22. The van der Waals surface area contributed by atoms with Crippen molar-refractivity contribution in [2.45, 2.75) is 20.0 Å². The SMILES string of the molecule is C=C/C=C\C=C/CN=CN=C(N)Nc1cccc(OC(C)C)c1. The third-order valence-corrected chi connectivity index (χ3v) is 2.46. The maximum absolute atomic E-state index is 5.80. The molecule has 0 radical (unpaired) electrons. The van der Waals surface area contributed by atoms with E-state index < -0.39 is 0 Å². The highest BCUT2D eigenvalue weighted by Gasteiger charge is 2.00. The average Bonchev–Trinajstić information content (AvgIpc) is 2.49. The molecule has 0 aliphatic heterocycles. The fraction of sp³-hybridized carbons (Fsp3) is 0.222. The summed E-state index contributed by atoms with van der Waals surface area (Å²) in [5, 5.41) is 2.99. The molecule has 0 aliphatic carbocycles. The van der Waals surface area contributed by atoms with Gasteiger partial charge < -0.3 is 15.8 Å². The van der Waals surface area contributed by atoms with Crippen molar-refractivity contribution in [2.24, 2.45) is 15.7 Å². The fourth-order valence-corrected chi connectivity index (χ4v) is 1.59. The van der Waals surface area contributed by atoms with Gasteiger partial charge in [-0.05, 0) is 26.0 Å². The normalized spacial score (nSPS) is 12.6. The van der Waals surface area contributed by atoms with E-state index in [0.717, 1.165) is 11.4 Å². The number of anilines is 1. The van der Waals surface area contributed by atoms with Gasteiger partial charge in [0.05, 0.1) is 12.6 Å². The van der Waals surface area contributed by atoms with E-state index in [1.165, 1.54) is 6.34 Å². The molecule has 0 heterocycles. The number of nitrogens with one attached hydrogen (secondary N) is 1. The standard InChI is InChI=1S/C18H24N4O/c1-4-5-6-7-8-12-20-14-21-18(19)22-16-10-9-11-17(13-16)23-15(2)3/h4-11,13-15H,1,12H2,2-3H3,(H3,19,20,21,22)/b6-5-,8-7-. The third-order valence-electron chi connectivity index (χ3n) is 2.46. The third kappa shape index (κ3) is 8.93. The molecular formula is C18H24N4O. The molecule has 0 saturated carbocycles. The number of aliphatic imine (C=N–C) groups is 2. The second-order valence-electron chi connectivity index (χ2n) is 4.86. The molecule has 0 aromatic heterocycles. The largest absolute Gasteiger partial charge is 0.491 e. The molecule has 1 aromatic carbocycles. The van der Waals surface area contributed by atoms with Crippen molar-refractivity contribution in [3.05, 3.63) is 61.2 Å². The van der Waals surface area contributed by atoms with Crippen LogP contribution in [-0.4, -0.2) is 24.9 Å². The molecule has 0 bridgehead atoms. The number of hydrogen-bond acceptors (Lipinski definition) is 2. The minimum absolute atomic E-state index is 0.123. The predicted octanol–water partition coefficient (Wildman–Crippen LogP) is 3.53. The molecule has 1 rings (SSSR count). The van der Waals surface area contributed by atoms with Crippen molar-refractivity contribution in [1.82, 2.24) is 0 Å². The number of rotatable bonds is 8. The summed E-state index contributed by atoms with van der Waals surface area (Å²) in [6.07, 6.45) is 10.8. The minimum atomic E-state index is 0.123. The number of hydrogen-bond donors (Lipinski definition) is 2. The van der Waals surface area contributed by atoms with Gasteiger partial charge in [0.1, 0.15) is 12.1 Å². The molecule has 0 spiro atoms. The van der Waals surface area contributed by atoms with Gasteiger partial charge in [0.25, 0.3) is 0 Å². The van der Waals surface area contributed by atoms with E-state index in [4.69, 9.17) is 10.5 Å². The topological polar surface area (TPSA) is 72.0 Å². The molecule has 3 N–H and O–H groups in total. The summed E-state index contributed by atoms with van der Waals surface area (Å²) < 4.78 is 5.62. The molecule has 0 unspecified atom stereocenters. The Labute approximate surface area is 138 Å². The van der Waals surface area contributed by atoms with Crippen molar-refractivity contribution in [3.63, 3.8) is 0 Å². The van der Waals surface area contributed by atoms with Gasteiger partial charge in [0.2, 0.25) is 0 Å². The van der Waals surface area contributed by atoms with Gasteiger partial charge in [-0.15, -0.1) is 0 Å². The van der Waals surface area contributed by atoms with Crippen LogP contribution in [0.25, 0.3) is 0 Å². The lowest BCUT2D eigenvalue weighted by atomic mass is 10.3. The van der Waals surface area contributed by atoms with Crippen molar-refractivity contribution in [1.29, 1.82) is 0 Å². The highest BCUT2D eigenvalue weighted by atomic mass is 16.5. The zero-order chi connectivity index (χ0) is 16.9. The maximum Gasteiger partial charge on any atom is 0.199 e. The Morgan fingerprint density at radius 2 is 2.17 bits per heavy atom. The lowest BCUT2D eigenvalue weighted by Gasteiger charge is -2.11. The van der Waals surface area contributed by atoms with Crippen LogP contribution in [0.15, 0.2) is 71.2 Å². The zero-order valence-electron chi connectivity index (χ0n) is 13.6. The predicted molar refractivity (Wildman–Crippen MR) is 99.3 cm³/mol. The first-order valence-electron chi connectivity index (χ1n) is 7.41. The van der Waals surface area contributed by atoms with Crippen molar-refractivity contribution in [3.8, 4) is 5.75 Å². The van der Waals surface area contributed by atoms with E-state index >= 15 is 0 Å². The first kappa shape index (κ1) is 18.2. The summed E-state index contributed by atoms with van der Waals surface area (Å²) in [4.78, 5) is 8.13. The number of nitrogens with zero attached hydrogens (tertiary/aromatic N) is 2. The maximum atomic E-state index is 5.80. The number of ether oxygens (including phenoxy) is 1. The summed E-state index contributed by atoms with van der Waals surface area (Å²) in [6, 6.07) is 7.55. The monoisotopic (exact) mass is 312 g/mol. The van der Waals surface area contributed by atoms with Crippen LogP contribution >= 0.6 is 0 Å². The number of nitrogens with two attached hydrogens (primary N) is 1. The Balaban J connectivity index is 2.48. The highest BCUT2D eigenvalue weighted by molar-refractivity contribution is 5.96. The smallest absolute Gasteiger partial charge is 0.199 e. The Morgan fingerprint density at radius 3 is 2.91 bits per heavy atom. The van der Waals surface area contributed by atoms with E-state index in [2.05, 4.69) is 21.9 Å². The quantitative estimate of drug-likeness (QED) is 0.438. The first-order valence-corrected chi connectivity index (χ1v) is 7.41. The minimum Gasteiger partial charge on any atom is -0.491 e. The summed E-state index contributed by atoms with van der Waals surface area (Å²) in [5.74, 6) is 1.05. The van der Waals surface area contributed by atoms with Gasteiger partial charge in [0, 0.05) is 11.8 Å².